The standard InChI is InChI=1S/C15H13BrFNO2S/c16-11-7-14-13(19-3-4-20-14)5-9(11)8-21-15-2-1-10(18)6-12(15)17/h1-2,5-7H,3-4,8,18H2. The molecule has 3 rings (SSSR count). The number of nitrogens with two attached hydrogens (primary N) is 1. The fourth-order valence-electron chi connectivity index (χ4n) is 2.01. The summed E-state index contributed by atoms with van der Waals surface area (Å²) in [6.45, 7) is 1.11. The van der Waals surface area contributed by atoms with E-state index in [1.807, 2.05) is 12.1 Å². The average Bonchev–Trinajstić information content (AvgIpc) is 2.46. The molecule has 110 valence electrons. The quantitative estimate of drug-likeness (QED) is 0.649. The molecule has 6 heteroatoms. The maximum absolute atomic E-state index is 13.8. The van der Waals surface area contributed by atoms with Gasteiger partial charge in [0.15, 0.2) is 11.5 Å². The van der Waals surface area contributed by atoms with Crippen LogP contribution in [0.1, 0.15) is 5.56 Å². The van der Waals surface area contributed by atoms with Crippen LogP contribution in [0.4, 0.5) is 10.1 Å². The first kappa shape index (κ1) is 14.5. The van der Waals surface area contributed by atoms with Gasteiger partial charge in [-0.05, 0) is 35.9 Å². The van der Waals surface area contributed by atoms with Gasteiger partial charge in [-0.1, -0.05) is 15.9 Å². The molecule has 0 unspecified atom stereocenters. The maximum Gasteiger partial charge on any atom is 0.162 e. The minimum absolute atomic E-state index is 0.298. The van der Waals surface area contributed by atoms with Crippen molar-refractivity contribution in [2.24, 2.45) is 0 Å². The van der Waals surface area contributed by atoms with Crippen LogP contribution in [0.25, 0.3) is 0 Å². The number of rotatable bonds is 3. The van der Waals surface area contributed by atoms with E-state index in [9.17, 15) is 4.39 Å². The first-order chi connectivity index (χ1) is 10.1. The van der Waals surface area contributed by atoms with E-state index >= 15 is 0 Å². The molecule has 1 aliphatic rings. The Bertz CT molecular complexity index is 681. The Kier molecular flexibility index (Phi) is 4.26. The van der Waals surface area contributed by atoms with Crippen LogP contribution in [0, 0.1) is 5.82 Å². The van der Waals surface area contributed by atoms with E-state index in [2.05, 4.69) is 15.9 Å². The van der Waals surface area contributed by atoms with E-state index in [4.69, 9.17) is 15.2 Å². The lowest BCUT2D eigenvalue weighted by molar-refractivity contribution is 0.171. The zero-order chi connectivity index (χ0) is 14.8. The summed E-state index contributed by atoms with van der Waals surface area (Å²) in [5.74, 6) is 1.80. The molecule has 0 aromatic heterocycles. The molecule has 0 atom stereocenters. The van der Waals surface area contributed by atoms with Crippen molar-refractivity contribution in [1.82, 2.24) is 0 Å². The van der Waals surface area contributed by atoms with Gasteiger partial charge in [-0.3, -0.25) is 0 Å². The van der Waals surface area contributed by atoms with Gasteiger partial charge in [0.05, 0.1) is 0 Å². The largest absolute Gasteiger partial charge is 0.486 e. The Labute approximate surface area is 134 Å². The molecule has 0 bridgehead atoms. The van der Waals surface area contributed by atoms with Gasteiger partial charge in [-0.25, -0.2) is 4.39 Å². The number of thioether (sulfide) groups is 1. The van der Waals surface area contributed by atoms with Crippen molar-refractivity contribution in [1.29, 1.82) is 0 Å². The molecule has 0 aliphatic carbocycles. The summed E-state index contributed by atoms with van der Waals surface area (Å²) < 4.78 is 25.8. The molecule has 2 aromatic rings. The number of fused-ring (bicyclic) bond motifs is 1. The highest BCUT2D eigenvalue weighted by molar-refractivity contribution is 9.10. The Morgan fingerprint density at radius 1 is 1.14 bits per heavy atom. The van der Waals surface area contributed by atoms with Crippen molar-refractivity contribution in [3.8, 4) is 11.5 Å². The van der Waals surface area contributed by atoms with Crippen LogP contribution in [0.5, 0.6) is 11.5 Å². The molecule has 0 fully saturated rings. The van der Waals surface area contributed by atoms with E-state index in [-0.39, 0.29) is 5.82 Å². The number of nitrogen functional groups attached to an aromatic ring is 1. The minimum atomic E-state index is -0.298. The average molecular weight is 370 g/mol. The summed E-state index contributed by atoms with van der Waals surface area (Å²) in [4.78, 5) is 0.575. The fourth-order valence-corrected chi connectivity index (χ4v) is 3.57. The third-order valence-electron chi connectivity index (χ3n) is 3.05. The van der Waals surface area contributed by atoms with E-state index in [1.165, 1.54) is 17.8 Å². The lowest BCUT2D eigenvalue weighted by atomic mass is 10.2. The maximum atomic E-state index is 13.8. The van der Waals surface area contributed by atoms with Gasteiger partial charge in [0, 0.05) is 20.8 Å². The van der Waals surface area contributed by atoms with Crippen molar-refractivity contribution < 1.29 is 13.9 Å². The van der Waals surface area contributed by atoms with E-state index < -0.39 is 0 Å². The molecule has 0 spiro atoms. The number of hydrogen-bond donors (Lipinski definition) is 1. The van der Waals surface area contributed by atoms with Crippen LogP contribution in [-0.2, 0) is 5.75 Å². The molecule has 1 aliphatic heterocycles. The second-order valence-electron chi connectivity index (χ2n) is 4.57. The van der Waals surface area contributed by atoms with Gasteiger partial charge in [0.25, 0.3) is 0 Å². The Morgan fingerprint density at radius 3 is 2.57 bits per heavy atom. The van der Waals surface area contributed by atoms with Gasteiger partial charge >= 0.3 is 0 Å². The molecular formula is C15H13BrFNO2S. The molecule has 21 heavy (non-hydrogen) atoms. The molecule has 3 nitrogen and oxygen atoms in total. The first-order valence-corrected chi connectivity index (χ1v) is 8.17. The molecule has 0 amide bonds. The summed E-state index contributed by atoms with van der Waals surface area (Å²) in [5.41, 5.74) is 7.00. The SMILES string of the molecule is Nc1ccc(SCc2cc3c(cc2Br)OCCO3)c(F)c1. The summed E-state index contributed by atoms with van der Waals surface area (Å²) in [6.07, 6.45) is 0. The van der Waals surface area contributed by atoms with E-state index in [1.54, 1.807) is 12.1 Å². The minimum Gasteiger partial charge on any atom is -0.486 e. The highest BCUT2D eigenvalue weighted by atomic mass is 79.9. The molecule has 0 saturated carbocycles. The Hall–Kier alpha value is -1.40. The summed E-state index contributed by atoms with van der Waals surface area (Å²) in [6, 6.07) is 8.55. The zero-order valence-electron chi connectivity index (χ0n) is 11.1. The van der Waals surface area contributed by atoms with Crippen LogP contribution in [0.15, 0.2) is 39.7 Å². The van der Waals surface area contributed by atoms with Gasteiger partial charge in [-0.2, -0.15) is 0 Å². The van der Waals surface area contributed by atoms with Crippen molar-refractivity contribution in [3.63, 3.8) is 0 Å². The third kappa shape index (κ3) is 3.27. The predicted octanol–water partition coefficient (Wildman–Crippen LogP) is 4.23. The molecular weight excluding hydrogens is 357 g/mol. The van der Waals surface area contributed by atoms with Crippen LogP contribution >= 0.6 is 27.7 Å². The molecule has 0 radical (unpaired) electrons. The van der Waals surface area contributed by atoms with Crippen LogP contribution in [0.2, 0.25) is 0 Å². The van der Waals surface area contributed by atoms with Crippen LogP contribution < -0.4 is 15.2 Å². The van der Waals surface area contributed by atoms with Crippen LogP contribution in [0.3, 0.4) is 0 Å². The van der Waals surface area contributed by atoms with Gasteiger partial charge < -0.3 is 15.2 Å². The number of halogens is 2. The smallest absolute Gasteiger partial charge is 0.162 e. The number of ether oxygens (including phenoxy) is 2. The third-order valence-corrected chi connectivity index (χ3v) is 4.89. The molecule has 0 saturated heterocycles. The number of hydrogen-bond acceptors (Lipinski definition) is 4. The highest BCUT2D eigenvalue weighted by Gasteiger charge is 2.15. The van der Waals surface area contributed by atoms with Crippen LogP contribution in [-0.4, -0.2) is 13.2 Å². The predicted molar refractivity (Wildman–Crippen MR) is 85.5 cm³/mol. The summed E-state index contributed by atoms with van der Waals surface area (Å²) in [5, 5.41) is 0. The molecule has 2 N–H and O–H groups in total. The van der Waals surface area contributed by atoms with Crippen molar-refractivity contribution >= 4 is 33.4 Å². The lowest BCUT2D eigenvalue weighted by Gasteiger charge is -2.19. The second kappa shape index (κ2) is 6.15. The van der Waals surface area contributed by atoms with Gasteiger partial charge in [0.1, 0.15) is 19.0 Å². The normalized spacial score (nSPS) is 13.2. The van der Waals surface area contributed by atoms with Crippen molar-refractivity contribution in [3.05, 3.63) is 46.2 Å². The van der Waals surface area contributed by atoms with Gasteiger partial charge in [0.2, 0.25) is 0 Å². The second-order valence-corrected chi connectivity index (χ2v) is 6.44. The van der Waals surface area contributed by atoms with E-state index in [0.29, 0.717) is 29.5 Å². The fraction of sp³-hybridized carbons (Fsp3) is 0.200. The number of benzene rings is 2. The molecule has 1 heterocycles. The van der Waals surface area contributed by atoms with E-state index in [0.717, 1.165) is 21.5 Å². The summed E-state index contributed by atoms with van der Waals surface area (Å²) >= 11 is 4.93. The Morgan fingerprint density at radius 2 is 1.86 bits per heavy atom. The monoisotopic (exact) mass is 369 g/mol. The lowest BCUT2D eigenvalue weighted by Crippen LogP contribution is -2.15. The Balaban J connectivity index is 1.78. The first-order valence-electron chi connectivity index (χ1n) is 6.39. The molecule has 2 aromatic carbocycles. The number of anilines is 1. The summed E-state index contributed by atoms with van der Waals surface area (Å²) in [7, 11) is 0. The zero-order valence-corrected chi connectivity index (χ0v) is 13.5. The van der Waals surface area contributed by atoms with Crippen molar-refractivity contribution in [2.45, 2.75) is 10.6 Å². The van der Waals surface area contributed by atoms with Gasteiger partial charge in [-0.15, -0.1) is 11.8 Å². The van der Waals surface area contributed by atoms with Crippen molar-refractivity contribution in [2.75, 3.05) is 18.9 Å². The highest BCUT2D eigenvalue weighted by Crippen LogP contribution is 2.38. The topological polar surface area (TPSA) is 44.5 Å².